The number of aromatic carboxylic acids is 1. The molecule has 0 aliphatic carbocycles. The van der Waals surface area contributed by atoms with E-state index in [1.54, 1.807) is 12.1 Å². The summed E-state index contributed by atoms with van der Waals surface area (Å²) in [5, 5.41) is 13.4. The Balaban J connectivity index is 1.82. The number of piperidine rings is 1. The molecule has 2 heterocycles. The number of anilines is 2. The van der Waals surface area contributed by atoms with Gasteiger partial charge in [0, 0.05) is 18.7 Å². The van der Waals surface area contributed by atoms with Crippen LogP contribution in [0.15, 0.2) is 45.8 Å². The Morgan fingerprint density at radius 2 is 1.85 bits per heavy atom. The maximum atomic E-state index is 13.6. The van der Waals surface area contributed by atoms with Gasteiger partial charge in [0.25, 0.3) is 10.0 Å². The second-order valence-corrected chi connectivity index (χ2v) is 10.2. The minimum absolute atomic E-state index is 0.0257. The highest BCUT2D eigenvalue weighted by Crippen LogP contribution is 2.37. The molecule has 0 radical (unpaired) electrons. The van der Waals surface area contributed by atoms with Gasteiger partial charge in [0.05, 0.1) is 27.5 Å². The standard InChI is InChI=1S/C25H29N3O5S/c1-4-18-8-9-20(25(29)30)15-23(18)34(31,32)27-21-14-19(24-16(2)26-33-17(24)3)10-11-22(21)28-12-6-5-7-13-28/h8-11,14-15,27H,4-7,12-13H2,1-3H3,(H,29,30). The predicted octanol–water partition coefficient (Wildman–Crippen LogP) is 5.01. The molecule has 0 unspecified atom stereocenters. The third-order valence-corrected chi connectivity index (χ3v) is 7.69. The summed E-state index contributed by atoms with van der Waals surface area (Å²) in [6.45, 7) is 7.19. The van der Waals surface area contributed by atoms with Crippen LogP contribution in [0.5, 0.6) is 0 Å². The number of nitrogens with zero attached hydrogens (tertiary/aromatic N) is 2. The average Bonchev–Trinajstić information content (AvgIpc) is 3.16. The molecule has 0 spiro atoms. The molecule has 0 saturated carbocycles. The molecular weight excluding hydrogens is 454 g/mol. The highest BCUT2D eigenvalue weighted by Gasteiger charge is 2.24. The van der Waals surface area contributed by atoms with Gasteiger partial charge < -0.3 is 14.5 Å². The number of nitrogens with one attached hydrogen (secondary N) is 1. The molecule has 1 saturated heterocycles. The van der Waals surface area contributed by atoms with Gasteiger partial charge in [-0.25, -0.2) is 13.2 Å². The molecule has 0 bridgehead atoms. The monoisotopic (exact) mass is 483 g/mol. The lowest BCUT2D eigenvalue weighted by Crippen LogP contribution is -2.30. The van der Waals surface area contributed by atoms with E-state index in [1.807, 2.05) is 32.9 Å². The van der Waals surface area contributed by atoms with Gasteiger partial charge in [-0.2, -0.15) is 0 Å². The molecule has 0 atom stereocenters. The first-order chi connectivity index (χ1) is 16.2. The van der Waals surface area contributed by atoms with Crippen LogP contribution < -0.4 is 9.62 Å². The summed E-state index contributed by atoms with van der Waals surface area (Å²) in [4.78, 5) is 13.7. The number of carboxylic acids is 1. The van der Waals surface area contributed by atoms with E-state index < -0.39 is 16.0 Å². The van der Waals surface area contributed by atoms with E-state index in [-0.39, 0.29) is 10.5 Å². The van der Waals surface area contributed by atoms with Crippen molar-refractivity contribution in [3.63, 3.8) is 0 Å². The molecule has 8 nitrogen and oxygen atoms in total. The number of hydrogen-bond acceptors (Lipinski definition) is 6. The number of aromatic nitrogens is 1. The third kappa shape index (κ3) is 4.65. The first-order valence-electron chi connectivity index (χ1n) is 11.4. The van der Waals surface area contributed by atoms with Gasteiger partial charge in [-0.05, 0) is 74.9 Å². The second-order valence-electron chi connectivity index (χ2n) is 8.57. The molecule has 9 heteroatoms. The molecule has 2 N–H and O–H groups in total. The minimum Gasteiger partial charge on any atom is -0.478 e. The minimum atomic E-state index is -4.06. The Hall–Kier alpha value is -3.33. The number of carboxylic acid groups (broad SMARTS) is 1. The topological polar surface area (TPSA) is 113 Å². The van der Waals surface area contributed by atoms with E-state index in [1.165, 1.54) is 12.1 Å². The molecule has 1 aromatic heterocycles. The molecule has 1 fully saturated rings. The second kappa shape index (κ2) is 9.50. The van der Waals surface area contributed by atoms with Crippen LogP contribution in [0.25, 0.3) is 11.1 Å². The number of aryl methyl sites for hydroxylation is 3. The molecular formula is C25H29N3O5S. The fourth-order valence-electron chi connectivity index (χ4n) is 4.51. The third-order valence-electron chi connectivity index (χ3n) is 6.24. The van der Waals surface area contributed by atoms with E-state index in [9.17, 15) is 18.3 Å². The highest BCUT2D eigenvalue weighted by molar-refractivity contribution is 7.92. The van der Waals surface area contributed by atoms with Crippen LogP contribution in [0.3, 0.4) is 0 Å². The summed E-state index contributed by atoms with van der Waals surface area (Å²) in [5.74, 6) is -0.520. The fraction of sp³-hybridized carbons (Fsp3) is 0.360. The molecule has 0 amide bonds. The molecule has 2 aromatic carbocycles. The fourth-order valence-corrected chi connectivity index (χ4v) is 5.91. The van der Waals surface area contributed by atoms with Crippen molar-refractivity contribution in [1.82, 2.24) is 5.16 Å². The number of carbonyl (C=O) groups is 1. The van der Waals surface area contributed by atoms with Crippen molar-refractivity contribution in [1.29, 1.82) is 0 Å². The van der Waals surface area contributed by atoms with E-state index >= 15 is 0 Å². The van der Waals surface area contributed by atoms with Gasteiger partial charge in [-0.3, -0.25) is 4.72 Å². The number of rotatable bonds is 7. The number of hydrogen-bond donors (Lipinski definition) is 2. The van der Waals surface area contributed by atoms with Gasteiger partial charge in [0.15, 0.2) is 0 Å². The summed E-state index contributed by atoms with van der Waals surface area (Å²) >= 11 is 0. The largest absolute Gasteiger partial charge is 0.478 e. The van der Waals surface area contributed by atoms with Crippen molar-refractivity contribution in [2.24, 2.45) is 0 Å². The van der Waals surface area contributed by atoms with E-state index in [0.29, 0.717) is 23.4 Å². The lowest BCUT2D eigenvalue weighted by molar-refractivity contribution is 0.0696. The lowest BCUT2D eigenvalue weighted by atomic mass is 10.0. The molecule has 1 aliphatic heterocycles. The SMILES string of the molecule is CCc1ccc(C(=O)O)cc1S(=O)(=O)Nc1cc(-c2c(C)noc2C)ccc1N1CCCCC1. The van der Waals surface area contributed by atoms with Crippen LogP contribution in [0.2, 0.25) is 0 Å². The normalized spacial score (nSPS) is 14.3. The van der Waals surface area contributed by atoms with Crippen LogP contribution >= 0.6 is 0 Å². The number of sulfonamides is 1. The Labute approximate surface area is 199 Å². The Bertz CT molecular complexity index is 1300. The summed E-state index contributed by atoms with van der Waals surface area (Å²) in [7, 11) is -4.06. The zero-order valence-electron chi connectivity index (χ0n) is 19.6. The molecule has 180 valence electrons. The molecule has 1 aliphatic rings. The maximum absolute atomic E-state index is 13.6. The van der Waals surface area contributed by atoms with Gasteiger partial charge in [-0.15, -0.1) is 0 Å². The number of benzene rings is 2. The van der Waals surface area contributed by atoms with Crippen molar-refractivity contribution in [3.8, 4) is 11.1 Å². The molecule has 4 rings (SSSR count). The Morgan fingerprint density at radius 3 is 2.47 bits per heavy atom. The van der Waals surface area contributed by atoms with E-state index in [2.05, 4.69) is 14.8 Å². The Morgan fingerprint density at radius 1 is 1.12 bits per heavy atom. The summed E-state index contributed by atoms with van der Waals surface area (Å²) in [5.41, 5.74) is 4.07. The van der Waals surface area contributed by atoms with Crippen molar-refractivity contribution >= 4 is 27.4 Å². The zero-order valence-corrected chi connectivity index (χ0v) is 20.4. The van der Waals surface area contributed by atoms with Gasteiger partial charge in [0.1, 0.15) is 5.76 Å². The van der Waals surface area contributed by atoms with Gasteiger partial charge in [-0.1, -0.05) is 24.2 Å². The smallest absolute Gasteiger partial charge is 0.335 e. The Kier molecular flexibility index (Phi) is 6.65. The molecule has 34 heavy (non-hydrogen) atoms. The van der Waals surface area contributed by atoms with Gasteiger partial charge >= 0.3 is 5.97 Å². The molecule has 3 aromatic rings. The van der Waals surface area contributed by atoms with Crippen molar-refractivity contribution in [2.45, 2.75) is 51.3 Å². The van der Waals surface area contributed by atoms with Crippen LogP contribution in [-0.2, 0) is 16.4 Å². The van der Waals surface area contributed by atoms with E-state index in [4.69, 9.17) is 4.52 Å². The van der Waals surface area contributed by atoms with Crippen molar-refractivity contribution < 1.29 is 22.8 Å². The van der Waals surface area contributed by atoms with Crippen molar-refractivity contribution in [3.05, 3.63) is 59.0 Å². The average molecular weight is 484 g/mol. The van der Waals surface area contributed by atoms with E-state index in [0.717, 1.165) is 54.9 Å². The highest BCUT2D eigenvalue weighted by atomic mass is 32.2. The summed E-state index contributed by atoms with van der Waals surface area (Å²) in [6, 6.07) is 9.90. The van der Waals surface area contributed by atoms with Crippen molar-refractivity contribution in [2.75, 3.05) is 22.7 Å². The summed E-state index contributed by atoms with van der Waals surface area (Å²) in [6.07, 6.45) is 3.68. The van der Waals surface area contributed by atoms with Crippen LogP contribution in [0.1, 0.15) is 53.6 Å². The zero-order chi connectivity index (χ0) is 24.5. The van der Waals surface area contributed by atoms with Gasteiger partial charge in [0.2, 0.25) is 0 Å². The lowest BCUT2D eigenvalue weighted by Gasteiger charge is -2.31. The predicted molar refractivity (Wildman–Crippen MR) is 131 cm³/mol. The first kappa shape index (κ1) is 23.8. The maximum Gasteiger partial charge on any atom is 0.335 e. The van der Waals surface area contributed by atoms with Crippen LogP contribution in [0.4, 0.5) is 11.4 Å². The van der Waals surface area contributed by atoms with Crippen LogP contribution in [0, 0.1) is 13.8 Å². The first-order valence-corrected chi connectivity index (χ1v) is 12.9. The quantitative estimate of drug-likeness (QED) is 0.486. The van der Waals surface area contributed by atoms with Crippen LogP contribution in [-0.4, -0.2) is 37.7 Å². The summed E-state index contributed by atoms with van der Waals surface area (Å²) < 4.78 is 35.2.